The molecular formula is C33H35BrN4O4. The highest BCUT2D eigenvalue weighted by Gasteiger charge is 2.32. The summed E-state index contributed by atoms with van der Waals surface area (Å²) in [6.45, 7) is 6.29. The van der Waals surface area contributed by atoms with Crippen LogP contribution in [0.1, 0.15) is 55.1 Å². The number of rotatable bonds is 8. The third-order valence-corrected chi connectivity index (χ3v) is 7.92. The molecule has 0 bridgehead atoms. The van der Waals surface area contributed by atoms with Crippen LogP contribution in [0.15, 0.2) is 75.8 Å². The largest absolute Gasteiger partial charge is 0.448 e. The van der Waals surface area contributed by atoms with Crippen molar-refractivity contribution in [2.45, 2.75) is 58.2 Å². The number of hydrogen-bond donors (Lipinski definition) is 3. The number of carbonyl (C=O) groups is 3. The monoisotopic (exact) mass is 630 g/mol. The van der Waals surface area contributed by atoms with Gasteiger partial charge in [0.25, 0.3) is 5.91 Å². The normalized spacial score (nSPS) is 15.3. The summed E-state index contributed by atoms with van der Waals surface area (Å²) in [5, 5.41) is 7.48. The molecule has 0 fully saturated rings. The van der Waals surface area contributed by atoms with Gasteiger partial charge in [-0.1, -0.05) is 48.5 Å². The van der Waals surface area contributed by atoms with Crippen molar-refractivity contribution in [2.75, 3.05) is 11.4 Å². The summed E-state index contributed by atoms with van der Waals surface area (Å²) in [7, 11) is 0. The molecule has 9 heteroatoms. The predicted molar refractivity (Wildman–Crippen MR) is 168 cm³/mol. The molecule has 3 amide bonds. The molecule has 0 aliphatic carbocycles. The number of nitrogens with zero attached hydrogens (tertiary/aromatic N) is 1. The van der Waals surface area contributed by atoms with E-state index in [1.165, 1.54) is 0 Å². The van der Waals surface area contributed by atoms with Crippen LogP contribution >= 0.6 is 15.9 Å². The van der Waals surface area contributed by atoms with Crippen LogP contribution in [0.2, 0.25) is 0 Å². The van der Waals surface area contributed by atoms with Gasteiger partial charge in [0.15, 0.2) is 4.67 Å². The number of carbonyl (C=O) groups excluding carboxylic acids is 3. The molecule has 0 radical (unpaired) electrons. The Morgan fingerprint density at radius 2 is 1.81 bits per heavy atom. The van der Waals surface area contributed by atoms with Crippen molar-refractivity contribution in [3.05, 3.63) is 88.1 Å². The van der Waals surface area contributed by atoms with Gasteiger partial charge in [0.1, 0.15) is 11.8 Å². The summed E-state index contributed by atoms with van der Waals surface area (Å²) in [5.74, 6) is 0.0226. The van der Waals surface area contributed by atoms with Crippen molar-refractivity contribution >= 4 is 50.1 Å². The minimum absolute atomic E-state index is 0.125. The van der Waals surface area contributed by atoms with E-state index in [1.54, 1.807) is 24.8 Å². The van der Waals surface area contributed by atoms with Crippen molar-refractivity contribution in [1.29, 1.82) is 0 Å². The van der Waals surface area contributed by atoms with Crippen molar-refractivity contribution in [3.8, 4) is 11.3 Å². The average Bonchev–Trinajstić information content (AvgIpc) is 3.22. The maximum Gasteiger partial charge on any atom is 0.252 e. The predicted octanol–water partition coefficient (Wildman–Crippen LogP) is 5.70. The molecule has 0 saturated carbocycles. The van der Waals surface area contributed by atoms with Gasteiger partial charge in [-0.2, -0.15) is 0 Å². The highest BCUT2D eigenvalue weighted by Crippen LogP contribution is 2.39. The van der Waals surface area contributed by atoms with Crippen molar-refractivity contribution in [2.24, 2.45) is 5.73 Å². The van der Waals surface area contributed by atoms with E-state index in [0.29, 0.717) is 47.5 Å². The average molecular weight is 632 g/mol. The first kappa shape index (κ1) is 29.5. The molecule has 0 spiro atoms. The number of amides is 3. The van der Waals surface area contributed by atoms with E-state index >= 15 is 0 Å². The Labute approximate surface area is 253 Å². The zero-order valence-corrected chi connectivity index (χ0v) is 25.6. The molecule has 5 rings (SSSR count). The summed E-state index contributed by atoms with van der Waals surface area (Å²) < 4.78 is 6.70. The van der Waals surface area contributed by atoms with Crippen molar-refractivity contribution in [1.82, 2.24) is 10.6 Å². The number of para-hydroxylation sites is 1. The second kappa shape index (κ2) is 12.1. The Hall–Kier alpha value is -3.95. The minimum Gasteiger partial charge on any atom is -0.448 e. The van der Waals surface area contributed by atoms with Crippen LogP contribution in [0, 0.1) is 0 Å². The summed E-state index contributed by atoms with van der Waals surface area (Å²) in [6.07, 6.45) is 1.29. The van der Waals surface area contributed by atoms with E-state index in [4.69, 9.17) is 10.2 Å². The summed E-state index contributed by atoms with van der Waals surface area (Å²) >= 11 is 3.57. The van der Waals surface area contributed by atoms with Crippen LogP contribution in [-0.4, -0.2) is 35.8 Å². The van der Waals surface area contributed by atoms with E-state index in [9.17, 15) is 14.4 Å². The molecule has 4 N–H and O–H groups in total. The molecule has 1 atom stereocenters. The summed E-state index contributed by atoms with van der Waals surface area (Å²) in [6, 6.07) is 20.5. The number of halogens is 1. The molecule has 4 aromatic rings. The van der Waals surface area contributed by atoms with Gasteiger partial charge in [-0.15, -0.1) is 0 Å². The molecule has 218 valence electrons. The first-order valence-corrected chi connectivity index (χ1v) is 14.9. The van der Waals surface area contributed by atoms with E-state index < -0.39 is 11.6 Å². The topological polar surface area (TPSA) is 118 Å². The lowest BCUT2D eigenvalue weighted by Crippen LogP contribution is -2.49. The quantitative estimate of drug-likeness (QED) is 0.231. The van der Waals surface area contributed by atoms with Crippen LogP contribution in [0.25, 0.3) is 22.1 Å². The standard InChI is InChI=1S/C33H35BrN4O4/c1-4-36-31(40)24-11-7-6-10-22(24)29-23-15-13-20(17-25(23)30(34)42-29)19-38-27-12-8-5-9-21(27)14-16-26(32(38)41)37-28(39)18-33(2,3)35/h5-13,15,17,26H,4,14,16,18-19,35H2,1-3H3,(H,36,40)(H,37,39). The molecule has 42 heavy (non-hydrogen) atoms. The van der Waals surface area contributed by atoms with Crippen molar-refractivity contribution < 1.29 is 18.8 Å². The van der Waals surface area contributed by atoms with Gasteiger partial charge in [0.2, 0.25) is 11.8 Å². The highest BCUT2D eigenvalue weighted by atomic mass is 79.9. The number of hydrogen-bond acceptors (Lipinski definition) is 5. The second-order valence-corrected chi connectivity index (χ2v) is 12.1. The molecule has 0 saturated heterocycles. The van der Waals surface area contributed by atoms with E-state index in [1.807, 2.05) is 67.6 Å². The lowest BCUT2D eigenvalue weighted by Gasteiger charge is -2.27. The first-order valence-electron chi connectivity index (χ1n) is 14.1. The number of furan rings is 1. The fourth-order valence-corrected chi connectivity index (χ4v) is 5.93. The third-order valence-electron chi connectivity index (χ3n) is 7.33. The van der Waals surface area contributed by atoms with E-state index in [-0.39, 0.29) is 24.1 Å². The number of anilines is 1. The van der Waals surface area contributed by atoms with Crippen molar-refractivity contribution in [3.63, 3.8) is 0 Å². The number of fused-ring (bicyclic) bond motifs is 2. The van der Waals surface area contributed by atoms with Gasteiger partial charge in [-0.05, 0) is 78.9 Å². The minimum atomic E-state index is -0.674. The molecule has 1 aromatic heterocycles. The SMILES string of the molecule is CCNC(=O)c1ccccc1-c1oc(Br)c2cc(CN3C(=O)C(NC(=O)CC(C)(C)N)CCc4ccccc43)ccc12. The molecule has 8 nitrogen and oxygen atoms in total. The van der Waals surface area contributed by atoms with Gasteiger partial charge in [-0.3, -0.25) is 14.4 Å². The smallest absolute Gasteiger partial charge is 0.252 e. The maximum atomic E-state index is 13.9. The zero-order chi connectivity index (χ0) is 30.0. The Balaban J connectivity index is 1.48. The lowest BCUT2D eigenvalue weighted by molar-refractivity contribution is -0.128. The van der Waals surface area contributed by atoms with Crippen LogP contribution in [0.3, 0.4) is 0 Å². The Bertz CT molecular complexity index is 1660. The number of nitrogens with two attached hydrogens (primary N) is 1. The van der Waals surface area contributed by atoms with Gasteiger partial charge in [-0.25, -0.2) is 0 Å². The second-order valence-electron chi connectivity index (χ2n) is 11.4. The zero-order valence-electron chi connectivity index (χ0n) is 24.0. The van der Waals surface area contributed by atoms with Crippen LogP contribution in [-0.2, 0) is 22.6 Å². The van der Waals surface area contributed by atoms with E-state index in [0.717, 1.165) is 27.6 Å². The first-order chi connectivity index (χ1) is 20.1. The number of benzene rings is 3. The van der Waals surface area contributed by atoms with Crippen LogP contribution in [0.5, 0.6) is 0 Å². The molecule has 3 aromatic carbocycles. The van der Waals surface area contributed by atoms with Gasteiger partial charge >= 0.3 is 0 Å². The Kier molecular flexibility index (Phi) is 8.52. The van der Waals surface area contributed by atoms with E-state index in [2.05, 4.69) is 26.6 Å². The molecular weight excluding hydrogens is 596 g/mol. The van der Waals surface area contributed by atoms with Gasteiger partial charge in [0.05, 0.1) is 12.1 Å². The molecule has 1 aliphatic rings. The Morgan fingerprint density at radius 3 is 2.57 bits per heavy atom. The number of nitrogens with one attached hydrogen (secondary N) is 2. The number of aryl methyl sites for hydroxylation is 1. The van der Waals surface area contributed by atoms with Crippen LogP contribution < -0.4 is 21.3 Å². The fourth-order valence-electron chi connectivity index (χ4n) is 5.44. The summed E-state index contributed by atoms with van der Waals surface area (Å²) in [5.41, 5.74) is 9.39. The molecule has 2 heterocycles. The van der Waals surface area contributed by atoms with Gasteiger partial charge < -0.3 is 25.7 Å². The summed E-state index contributed by atoms with van der Waals surface area (Å²) in [4.78, 5) is 41.1. The maximum absolute atomic E-state index is 13.9. The third kappa shape index (κ3) is 6.27. The van der Waals surface area contributed by atoms with Crippen LogP contribution in [0.4, 0.5) is 5.69 Å². The lowest BCUT2D eigenvalue weighted by atomic mass is 10.0. The molecule has 1 aliphatic heterocycles. The fraction of sp³-hybridized carbons (Fsp3) is 0.303. The van der Waals surface area contributed by atoms with Gasteiger partial charge in [0, 0.05) is 40.5 Å². The molecule has 1 unspecified atom stereocenters. The Morgan fingerprint density at radius 1 is 1.07 bits per heavy atom. The highest BCUT2D eigenvalue weighted by molar-refractivity contribution is 9.10.